The van der Waals surface area contributed by atoms with E-state index < -0.39 is 23.6 Å². The molecule has 0 aromatic heterocycles. The number of alkyl halides is 3. The van der Waals surface area contributed by atoms with Gasteiger partial charge in [0.05, 0.1) is 11.5 Å². The molecule has 20 heavy (non-hydrogen) atoms. The fourth-order valence-electron chi connectivity index (χ4n) is 2.99. The summed E-state index contributed by atoms with van der Waals surface area (Å²) in [6.07, 6.45) is -2.43. The van der Waals surface area contributed by atoms with Crippen LogP contribution in [0.3, 0.4) is 0 Å². The molecule has 0 radical (unpaired) electrons. The van der Waals surface area contributed by atoms with Gasteiger partial charge in [0, 0.05) is 0 Å². The van der Waals surface area contributed by atoms with Gasteiger partial charge in [-0.1, -0.05) is 25.1 Å². The first kappa shape index (κ1) is 14.9. The van der Waals surface area contributed by atoms with Crippen LogP contribution in [0.5, 0.6) is 0 Å². The molecule has 110 valence electrons. The molecule has 0 aliphatic heterocycles. The summed E-state index contributed by atoms with van der Waals surface area (Å²) >= 11 is 0. The number of aliphatic carboxylic acids is 1. The van der Waals surface area contributed by atoms with Crippen LogP contribution in [-0.2, 0) is 11.0 Å². The lowest BCUT2D eigenvalue weighted by molar-refractivity contribution is -0.143. The van der Waals surface area contributed by atoms with Gasteiger partial charge in [0.15, 0.2) is 0 Å². The first-order valence-electron chi connectivity index (χ1n) is 6.69. The minimum absolute atomic E-state index is 0.335. The molecule has 3 unspecified atom stereocenters. The number of carboxylic acid groups (broad SMARTS) is 1. The fourth-order valence-corrected chi connectivity index (χ4v) is 2.99. The van der Waals surface area contributed by atoms with Crippen LogP contribution in [0.15, 0.2) is 24.3 Å². The van der Waals surface area contributed by atoms with Crippen molar-refractivity contribution >= 4 is 5.97 Å². The number of benzene rings is 1. The maximum atomic E-state index is 12.8. The molecule has 1 aromatic carbocycles. The summed E-state index contributed by atoms with van der Waals surface area (Å²) in [5.41, 5.74) is -0.226. The first-order chi connectivity index (χ1) is 9.29. The van der Waals surface area contributed by atoms with Crippen LogP contribution in [0.4, 0.5) is 13.2 Å². The zero-order valence-electron chi connectivity index (χ0n) is 11.2. The van der Waals surface area contributed by atoms with E-state index in [-0.39, 0.29) is 5.92 Å². The van der Waals surface area contributed by atoms with Gasteiger partial charge in [-0.3, -0.25) is 4.79 Å². The minimum Gasteiger partial charge on any atom is -0.481 e. The standard InChI is InChI=1S/C15H17F3O2/c1-9-5-6-12(14(19)20)13(7-9)10-3-2-4-11(8-10)15(16,17)18/h2-4,8-9,12-13H,5-7H2,1H3,(H,19,20). The maximum Gasteiger partial charge on any atom is 0.416 e. The number of carbonyl (C=O) groups is 1. The second-order valence-corrected chi connectivity index (χ2v) is 5.59. The van der Waals surface area contributed by atoms with Crippen LogP contribution in [0.2, 0.25) is 0 Å². The Morgan fingerprint density at radius 1 is 1.30 bits per heavy atom. The third-order valence-corrected chi connectivity index (χ3v) is 4.07. The van der Waals surface area contributed by atoms with Crippen molar-refractivity contribution < 1.29 is 23.1 Å². The summed E-state index contributed by atoms with van der Waals surface area (Å²) in [5.74, 6) is -1.50. The monoisotopic (exact) mass is 286 g/mol. The van der Waals surface area contributed by atoms with Crippen molar-refractivity contribution in [1.82, 2.24) is 0 Å². The lowest BCUT2D eigenvalue weighted by Crippen LogP contribution is -2.28. The van der Waals surface area contributed by atoms with E-state index in [2.05, 4.69) is 0 Å². The van der Waals surface area contributed by atoms with E-state index in [1.807, 2.05) is 6.92 Å². The molecule has 1 aromatic rings. The van der Waals surface area contributed by atoms with Gasteiger partial charge in [0.1, 0.15) is 0 Å². The largest absolute Gasteiger partial charge is 0.481 e. The van der Waals surface area contributed by atoms with Crippen LogP contribution >= 0.6 is 0 Å². The van der Waals surface area contributed by atoms with E-state index in [1.165, 1.54) is 6.07 Å². The molecule has 5 heteroatoms. The Balaban J connectivity index is 2.34. The molecule has 1 saturated carbocycles. The molecule has 0 spiro atoms. The van der Waals surface area contributed by atoms with Crippen molar-refractivity contribution in [1.29, 1.82) is 0 Å². The van der Waals surface area contributed by atoms with Gasteiger partial charge in [0.25, 0.3) is 0 Å². The molecule has 2 rings (SSSR count). The predicted molar refractivity (Wildman–Crippen MR) is 68.3 cm³/mol. The zero-order valence-corrected chi connectivity index (χ0v) is 11.2. The predicted octanol–water partition coefficient (Wildman–Crippen LogP) is 4.31. The van der Waals surface area contributed by atoms with Crippen molar-refractivity contribution in [3.63, 3.8) is 0 Å². The molecule has 3 atom stereocenters. The van der Waals surface area contributed by atoms with E-state index in [0.29, 0.717) is 24.3 Å². The quantitative estimate of drug-likeness (QED) is 0.879. The topological polar surface area (TPSA) is 37.3 Å². The van der Waals surface area contributed by atoms with Crippen LogP contribution in [-0.4, -0.2) is 11.1 Å². The second-order valence-electron chi connectivity index (χ2n) is 5.59. The summed E-state index contributed by atoms with van der Waals surface area (Å²) in [6.45, 7) is 2.01. The van der Waals surface area contributed by atoms with Crippen molar-refractivity contribution in [3.8, 4) is 0 Å². The molecule has 1 N–H and O–H groups in total. The Hall–Kier alpha value is -1.52. The van der Waals surface area contributed by atoms with Crippen molar-refractivity contribution in [2.75, 3.05) is 0 Å². The molecular weight excluding hydrogens is 269 g/mol. The lowest BCUT2D eigenvalue weighted by Gasteiger charge is -2.33. The van der Waals surface area contributed by atoms with E-state index in [1.54, 1.807) is 6.07 Å². The highest BCUT2D eigenvalue weighted by atomic mass is 19.4. The Morgan fingerprint density at radius 3 is 2.60 bits per heavy atom. The molecule has 0 heterocycles. The maximum absolute atomic E-state index is 12.8. The highest BCUT2D eigenvalue weighted by Gasteiger charge is 2.36. The van der Waals surface area contributed by atoms with Gasteiger partial charge in [-0.25, -0.2) is 0 Å². The molecule has 0 amide bonds. The molecular formula is C15H17F3O2. The van der Waals surface area contributed by atoms with Crippen LogP contribution in [0.1, 0.15) is 43.2 Å². The number of halogens is 3. The van der Waals surface area contributed by atoms with Gasteiger partial charge in [0.2, 0.25) is 0 Å². The Kier molecular flexibility index (Phi) is 4.06. The van der Waals surface area contributed by atoms with Gasteiger partial charge >= 0.3 is 12.1 Å². The van der Waals surface area contributed by atoms with Crippen molar-refractivity contribution in [2.24, 2.45) is 11.8 Å². The second kappa shape index (κ2) is 5.46. The molecule has 1 aliphatic carbocycles. The number of hydrogen-bond donors (Lipinski definition) is 1. The van der Waals surface area contributed by atoms with Gasteiger partial charge < -0.3 is 5.11 Å². The minimum atomic E-state index is -4.39. The molecule has 2 nitrogen and oxygen atoms in total. The summed E-state index contributed by atoms with van der Waals surface area (Å²) in [4.78, 5) is 11.3. The highest BCUT2D eigenvalue weighted by Crippen LogP contribution is 2.42. The van der Waals surface area contributed by atoms with E-state index in [0.717, 1.165) is 18.6 Å². The smallest absolute Gasteiger partial charge is 0.416 e. The Labute approximate surface area is 115 Å². The molecule has 0 bridgehead atoms. The summed E-state index contributed by atoms with van der Waals surface area (Å²) < 4.78 is 38.3. The van der Waals surface area contributed by atoms with Crippen LogP contribution in [0.25, 0.3) is 0 Å². The zero-order chi connectivity index (χ0) is 14.9. The summed E-state index contributed by atoms with van der Waals surface area (Å²) in [5, 5.41) is 9.26. The third kappa shape index (κ3) is 3.14. The molecule has 1 fully saturated rings. The van der Waals surface area contributed by atoms with E-state index >= 15 is 0 Å². The van der Waals surface area contributed by atoms with Gasteiger partial charge in [-0.15, -0.1) is 0 Å². The third-order valence-electron chi connectivity index (χ3n) is 4.07. The number of rotatable bonds is 2. The van der Waals surface area contributed by atoms with Crippen LogP contribution in [0, 0.1) is 11.8 Å². The van der Waals surface area contributed by atoms with Crippen molar-refractivity contribution in [3.05, 3.63) is 35.4 Å². The Morgan fingerprint density at radius 2 is 2.00 bits per heavy atom. The number of carboxylic acids is 1. The number of hydrogen-bond acceptors (Lipinski definition) is 1. The lowest BCUT2D eigenvalue weighted by atomic mass is 9.71. The van der Waals surface area contributed by atoms with Crippen LogP contribution < -0.4 is 0 Å². The average molecular weight is 286 g/mol. The van der Waals surface area contributed by atoms with Gasteiger partial charge in [-0.2, -0.15) is 13.2 Å². The SMILES string of the molecule is CC1CCC(C(=O)O)C(c2cccc(C(F)(F)F)c2)C1. The highest BCUT2D eigenvalue weighted by molar-refractivity contribution is 5.71. The molecule has 1 aliphatic rings. The van der Waals surface area contributed by atoms with E-state index in [4.69, 9.17) is 0 Å². The van der Waals surface area contributed by atoms with E-state index in [9.17, 15) is 23.1 Å². The summed E-state index contributed by atoms with van der Waals surface area (Å²) in [7, 11) is 0. The summed E-state index contributed by atoms with van der Waals surface area (Å²) in [6, 6.07) is 5.08. The molecule has 0 saturated heterocycles. The first-order valence-corrected chi connectivity index (χ1v) is 6.69. The van der Waals surface area contributed by atoms with Crippen molar-refractivity contribution in [2.45, 2.75) is 38.3 Å². The normalized spacial score (nSPS) is 27.3. The van der Waals surface area contributed by atoms with Gasteiger partial charge in [-0.05, 0) is 42.7 Å². The average Bonchev–Trinajstić information content (AvgIpc) is 2.37. The Bertz CT molecular complexity index is 496. The fraction of sp³-hybridized carbons (Fsp3) is 0.533.